The Kier molecular flexibility index (Phi) is 5.57. The number of nitrogens with zero attached hydrogens (tertiary/aromatic N) is 5. The second-order valence-electron chi connectivity index (χ2n) is 7.59. The minimum absolute atomic E-state index is 0.108. The van der Waals surface area contributed by atoms with E-state index in [2.05, 4.69) is 22.1 Å². The second-order valence-corrected chi connectivity index (χ2v) is 7.59. The highest BCUT2D eigenvalue weighted by Crippen LogP contribution is 2.28. The summed E-state index contributed by atoms with van der Waals surface area (Å²) in [5.41, 5.74) is 2.15. The molecule has 2 aliphatic heterocycles. The third-order valence-electron chi connectivity index (χ3n) is 5.71. The molecule has 4 heterocycles. The van der Waals surface area contributed by atoms with Crippen LogP contribution in [0.25, 0.3) is 0 Å². The molecule has 1 atom stereocenters. The Labute approximate surface area is 164 Å². The number of aromatic nitrogens is 3. The van der Waals surface area contributed by atoms with E-state index in [1.165, 1.54) is 20.0 Å². The molecule has 0 spiro atoms. The fourth-order valence-electron chi connectivity index (χ4n) is 4.00. The van der Waals surface area contributed by atoms with Crippen LogP contribution in [0.5, 0.6) is 5.88 Å². The number of methoxy groups -OCH3 is 1. The number of carbonyl (C=O) groups excluding carboxylic acids is 1. The highest BCUT2D eigenvalue weighted by atomic mass is 16.5. The van der Waals surface area contributed by atoms with E-state index < -0.39 is 0 Å². The minimum Gasteiger partial charge on any atom is -0.479 e. The molecule has 1 fully saturated rings. The van der Waals surface area contributed by atoms with Crippen LogP contribution in [-0.4, -0.2) is 58.1 Å². The summed E-state index contributed by atoms with van der Waals surface area (Å²) < 4.78 is 10.2. The van der Waals surface area contributed by atoms with Crippen LogP contribution >= 0.6 is 0 Å². The zero-order valence-electron chi connectivity index (χ0n) is 16.6. The van der Waals surface area contributed by atoms with Gasteiger partial charge in [0.25, 0.3) is 5.88 Å². The van der Waals surface area contributed by atoms with Gasteiger partial charge in [0.2, 0.25) is 5.91 Å². The van der Waals surface area contributed by atoms with Crippen LogP contribution in [-0.2, 0) is 24.2 Å². The summed E-state index contributed by atoms with van der Waals surface area (Å²) in [6.45, 7) is 2.38. The normalized spacial score (nSPS) is 20.1. The molecular formula is C20H27N5O3. The summed E-state index contributed by atoms with van der Waals surface area (Å²) in [6, 6.07) is 2.04. The van der Waals surface area contributed by atoms with Crippen molar-refractivity contribution in [3.63, 3.8) is 0 Å². The number of hydrogen-bond donors (Lipinski definition) is 0. The Morgan fingerprint density at radius 3 is 3.04 bits per heavy atom. The summed E-state index contributed by atoms with van der Waals surface area (Å²) in [7, 11) is 3.69. The maximum Gasteiger partial charge on any atom is 0.254 e. The molecule has 0 aromatic carbocycles. The van der Waals surface area contributed by atoms with Crippen molar-refractivity contribution < 1.29 is 14.1 Å². The Hall–Kier alpha value is -2.48. The number of hydrogen-bond acceptors (Lipinski definition) is 7. The maximum absolute atomic E-state index is 12.6. The van der Waals surface area contributed by atoms with Gasteiger partial charge < -0.3 is 14.2 Å². The fraction of sp³-hybridized carbons (Fsp3) is 0.600. The number of aryl methyl sites for hydroxylation is 1. The Morgan fingerprint density at radius 1 is 1.36 bits per heavy atom. The zero-order chi connectivity index (χ0) is 19.5. The number of rotatable bonds is 5. The van der Waals surface area contributed by atoms with Crippen LogP contribution in [0.3, 0.4) is 0 Å². The van der Waals surface area contributed by atoms with Crippen molar-refractivity contribution in [3.05, 3.63) is 35.1 Å². The lowest BCUT2D eigenvalue weighted by molar-refractivity contribution is -0.132. The predicted octanol–water partition coefficient (Wildman–Crippen LogP) is 2.15. The average molecular weight is 385 g/mol. The largest absolute Gasteiger partial charge is 0.479 e. The van der Waals surface area contributed by atoms with Gasteiger partial charge in [-0.2, -0.15) is 0 Å². The highest BCUT2D eigenvalue weighted by Gasteiger charge is 2.26. The molecule has 0 saturated carbocycles. The first-order valence-electron chi connectivity index (χ1n) is 9.96. The van der Waals surface area contributed by atoms with E-state index in [1.807, 2.05) is 11.1 Å². The molecule has 2 aliphatic rings. The molecule has 8 nitrogen and oxygen atoms in total. The number of likely N-dealkylation sites (tertiary alicyclic amines) is 1. The van der Waals surface area contributed by atoms with Crippen molar-refractivity contribution in [2.45, 2.75) is 51.1 Å². The highest BCUT2D eigenvalue weighted by molar-refractivity contribution is 5.76. The van der Waals surface area contributed by atoms with Crippen LogP contribution in [0.1, 0.15) is 54.6 Å². The average Bonchev–Trinajstić information content (AvgIpc) is 3.20. The number of amides is 1. The molecule has 28 heavy (non-hydrogen) atoms. The van der Waals surface area contributed by atoms with Gasteiger partial charge >= 0.3 is 0 Å². The topological polar surface area (TPSA) is 84.6 Å². The second kappa shape index (κ2) is 8.26. The van der Waals surface area contributed by atoms with Gasteiger partial charge in [-0.3, -0.25) is 9.69 Å². The van der Waals surface area contributed by atoms with Crippen LogP contribution in [0.4, 0.5) is 0 Å². The van der Waals surface area contributed by atoms with E-state index >= 15 is 0 Å². The van der Waals surface area contributed by atoms with Gasteiger partial charge in [-0.15, -0.1) is 0 Å². The van der Waals surface area contributed by atoms with Crippen molar-refractivity contribution in [2.24, 2.45) is 0 Å². The smallest absolute Gasteiger partial charge is 0.254 e. The predicted molar refractivity (Wildman–Crippen MR) is 102 cm³/mol. The lowest BCUT2D eigenvalue weighted by Crippen LogP contribution is -2.37. The standard InChI is InChI=1S/C20H27N5O3/c1-24-9-4-3-5-17(24)20-21-12-14-13-25(10-8-16(14)22-20)19(26)7-6-15-11-18(27-2)23-28-15/h11-12,17H,3-10,13H2,1-2H3/t17-/m0/s1. The summed E-state index contributed by atoms with van der Waals surface area (Å²) >= 11 is 0. The summed E-state index contributed by atoms with van der Waals surface area (Å²) in [5, 5.41) is 3.76. The Bertz CT molecular complexity index is 837. The third kappa shape index (κ3) is 4.01. The van der Waals surface area contributed by atoms with Gasteiger partial charge in [-0.1, -0.05) is 6.42 Å². The molecule has 4 rings (SSSR count). The van der Waals surface area contributed by atoms with Gasteiger partial charge in [-0.05, 0) is 31.6 Å². The summed E-state index contributed by atoms with van der Waals surface area (Å²) in [5.74, 6) is 2.13. The molecule has 2 aromatic rings. The molecule has 1 saturated heterocycles. The molecule has 0 N–H and O–H groups in total. The quantitative estimate of drug-likeness (QED) is 0.780. The van der Waals surface area contributed by atoms with Crippen molar-refractivity contribution in [1.82, 2.24) is 24.9 Å². The van der Waals surface area contributed by atoms with Gasteiger partial charge in [0.05, 0.1) is 18.8 Å². The summed E-state index contributed by atoms with van der Waals surface area (Å²) in [4.78, 5) is 26.3. The fourth-order valence-corrected chi connectivity index (χ4v) is 4.00. The SMILES string of the molecule is COc1cc(CCC(=O)N2CCc3nc([C@@H]4CCCCN4C)ncc3C2)on1. The zero-order valence-corrected chi connectivity index (χ0v) is 16.6. The van der Waals surface area contributed by atoms with Crippen molar-refractivity contribution in [3.8, 4) is 5.88 Å². The molecule has 8 heteroatoms. The first-order valence-corrected chi connectivity index (χ1v) is 9.96. The molecule has 0 aliphatic carbocycles. The van der Waals surface area contributed by atoms with Gasteiger partial charge in [0.1, 0.15) is 11.6 Å². The van der Waals surface area contributed by atoms with E-state index in [4.69, 9.17) is 14.2 Å². The van der Waals surface area contributed by atoms with E-state index in [-0.39, 0.29) is 5.91 Å². The molecule has 0 bridgehead atoms. The van der Waals surface area contributed by atoms with Gasteiger partial charge in [-0.25, -0.2) is 9.97 Å². The van der Waals surface area contributed by atoms with E-state index in [1.54, 1.807) is 6.07 Å². The molecule has 1 amide bonds. The van der Waals surface area contributed by atoms with Crippen molar-refractivity contribution in [1.29, 1.82) is 0 Å². The minimum atomic E-state index is 0.108. The maximum atomic E-state index is 12.6. The number of ether oxygens (including phenoxy) is 1. The Morgan fingerprint density at radius 2 is 2.25 bits per heavy atom. The van der Waals surface area contributed by atoms with Crippen LogP contribution in [0.15, 0.2) is 16.8 Å². The van der Waals surface area contributed by atoms with E-state index in [9.17, 15) is 4.79 Å². The van der Waals surface area contributed by atoms with E-state index in [0.29, 0.717) is 43.6 Å². The number of carbonyl (C=O) groups is 1. The van der Waals surface area contributed by atoms with Crippen LogP contribution < -0.4 is 4.74 Å². The monoisotopic (exact) mass is 385 g/mol. The molecule has 0 radical (unpaired) electrons. The molecule has 0 unspecified atom stereocenters. The third-order valence-corrected chi connectivity index (χ3v) is 5.71. The van der Waals surface area contributed by atoms with Crippen molar-refractivity contribution >= 4 is 5.91 Å². The van der Waals surface area contributed by atoms with Gasteiger partial charge in [0, 0.05) is 50.2 Å². The van der Waals surface area contributed by atoms with E-state index in [0.717, 1.165) is 36.5 Å². The molecule has 2 aromatic heterocycles. The van der Waals surface area contributed by atoms with Crippen LogP contribution in [0.2, 0.25) is 0 Å². The molecular weight excluding hydrogens is 358 g/mol. The lowest BCUT2D eigenvalue weighted by Gasteiger charge is -2.32. The number of piperidine rings is 1. The van der Waals surface area contributed by atoms with Gasteiger partial charge in [0.15, 0.2) is 0 Å². The number of fused-ring (bicyclic) bond motifs is 1. The van der Waals surface area contributed by atoms with Crippen LogP contribution in [0, 0.1) is 0 Å². The summed E-state index contributed by atoms with van der Waals surface area (Å²) in [6.07, 6.45) is 7.20. The first-order chi connectivity index (χ1) is 13.6. The molecule has 150 valence electrons. The lowest BCUT2D eigenvalue weighted by atomic mass is 10.0. The van der Waals surface area contributed by atoms with Crippen molar-refractivity contribution in [2.75, 3.05) is 27.2 Å². The first kappa shape index (κ1) is 18.9. The Balaban J connectivity index is 1.37.